The number of aliphatic hydroxyl groups excluding tert-OH is 1. The highest BCUT2D eigenvalue weighted by atomic mass is 79.9. The number of halogens is 1. The largest absolute Gasteiger partial charge is 1.00 e. The number of nitrogens with zero attached hydrogens (tertiary/aromatic N) is 1. The Labute approximate surface area is 214 Å². The zero-order valence-corrected chi connectivity index (χ0v) is 22.0. The van der Waals surface area contributed by atoms with Crippen LogP contribution in [0.5, 0.6) is 5.75 Å². The minimum Gasteiger partial charge on any atom is -1.00 e. The molecule has 3 atom stereocenters. The maximum Gasteiger partial charge on any atom is 0.316 e. The maximum atomic E-state index is 12.9. The molecule has 5 nitrogen and oxygen atoms in total. The maximum absolute atomic E-state index is 12.9. The molecule has 0 saturated carbocycles. The van der Waals surface area contributed by atoms with Crippen molar-refractivity contribution in [2.45, 2.75) is 76.1 Å². The van der Waals surface area contributed by atoms with Crippen LogP contribution in [0.3, 0.4) is 0 Å². The Morgan fingerprint density at radius 1 is 1.06 bits per heavy atom. The molecule has 2 aromatic carbocycles. The topological polar surface area (TPSA) is 55.8 Å². The SMILES string of the molecule is CCCCOc1ccc(C[N+]2(C)C3CCC2CC(OC(=O)C(CO)c2ccccc2)C3)cc1.[Br-]. The lowest BCUT2D eigenvalue weighted by Gasteiger charge is -2.47. The third-order valence-electron chi connectivity index (χ3n) is 7.74. The summed E-state index contributed by atoms with van der Waals surface area (Å²) in [6.45, 7) is 3.71. The van der Waals surface area contributed by atoms with Gasteiger partial charge in [-0.15, -0.1) is 0 Å². The fraction of sp³-hybridized carbons (Fsp3) is 0.536. The van der Waals surface area contributed by atoms with Crippen molar-refractivity contribution in [3.63, 3.8) is 0 Å². The van der Waals surface area contributed by atoms with Gasteiger partial charge in [0.1, 0.15) is 24.3 Å². The van der Waals surface area contributed by atoms with Crippen molar-refractivity contribution in [3.05, 3.63) is 65.7 Å². The van der Waals surface area contributed by atoms with Gasteiger partial charge in [-0.05, 0) is 36.2 Å². The van der Waals surface area contributed by atoms with Crippen LogP contribution in [0.4, 0.5) is 0 Å². The highest BCUT2D eigenvalue weighted by molar-refractivity contribution is 5.78. The minimum absolute atomic E-state index is 0. The molecular formula is C28H38BrNO4. The third kappa shape index (κ3) is 6.02. The Morgan fingerprint density at radius 2 is 1.71 bits per heavy atom. The summed E-state index contributed by atoms with van der Waals surface area (Å²) >= 11 is 0. The summed E-state index contributed by atoms with van der Waals surface area (Å²) in [5.74, 6) is 0.0351. The third-order valence-corrected chi connectivity index (χ3v) is 7.74. The zero-order chi connectivity index (χ0) is 23.3. The molecule has 4 rings (SSSR count). The lowest BCUT2D eigenvalue weighted by Crippen LogP contribution is -3.00. The van der Waals surface area contributed by atoms with Gasteiger partial charge in [0.25, 0.3) is 0 Å². The van der Waals surface area contributed by atoms with Gasteiger partial charge >= 0.3 is 5.97 Å². The van der Waals surface area contributed by atoms with Gasteiger partial charge in [0.2, 0.25) is 0 Å². The van der Waals surface area contributed by atoms with Crippen LogP contribution in [-0.4, -0.2) is 54.0 Å². The predicted molar refractivity (Wildman–Crippen MR) is 129 cm³/mol. The lowest BCUT2D eigenvalue weighted by atomic mass is 9.95. The van der Waals surface area contributed by atoms with E-state index in [1.165, 1.54) is 18.4 Å². The van der Waals surface area contributed by atoms with Gasteiger partial charge < -0.3 is 36.0 Å². The monoisotopic (exact) mass is 531 g/mol. The van der Waals surface area contributed by atoms with Crippen molar-refractivity contribution < 1.29 is 40.8 Å². The van der Waals surface area contributed by atoms with Crippen LogP contribution in [-0.2, 0) is 16.1 Å². The fourth-order valence-electron chi connectivity index (χ4n) is 5.71. The summed E-state index contributed by atoms with van der Waals surface area (Å²) in [6, 6.07) is 19.0. The Morgan fingerprint density at radius 3 is 2.29 bits per heavy atom. The molecule has 2 bridgehead atoms. The average Bonchev–Trinajstić information content (AvgIpc) is 2.98. The molecule has 3 unspecified atom stereocenters. The van der Waals surface area contributed by atoms with Gasteiger partial charge in [-0.25, -0.2) is 0 Å². The number of quaternary nitrogens is 1. The van der Waals surface area contributed by atoms with E-state index in [0.717, 1.165) is 54.6 Å². The Bertz CT molecular complexity index is 890. The number of piperidine rings is 1. The van der Waals surface area contributed by atoms with Crippen LogP contribution in [0, 0.1) is 0 Å². The molecule has 0 aliphatic carbocycles. The highest BCUT2D eigenvalue weighted by Gasteiger charge is 2.52. The zero-order valence-electron chi connectivity index (χ0n) is 20.4. The predicted octanol–water partition coefficient (Wildman–Crippen LogP) is 1.83. The number of ether oxygens (including phenoxy) is 2. The number of hydrogen-bond acceptors (Lipinski definition) is 4. The fourth-order valence-corrected chi connectivity index (χ4v) is 5.71. The molecule has 2 aromatic rings. The summed E-state index contributed by atoms with van der Waals surface area (Å²) in [6.07, 6.45) is 6.29. The van der Waals surface area contributed by atoms with Gasteiger partial charge in [-0.3, -0.25) is 4.79 Å². The Hall–Kier alpha value is -1.89. The van der Waals surface area contributed by atoms with Crippen molar-refractivity contribution >= 4 is 5.97 Å². The van der Waals surface area contributed by atoms with Gasteiger partial charge in [0.05, 0.1) is 32.3 Å². The van der Waals surface area contributed by atoms with E-state index in [0.29, 0.717) is 12.1 Å². The molecular weight excluding hydrogens is 494 g/mol. The molecule has 2 aliphatic rings. The summed E-state index contributed by atoms with van der Waals surface area (Å²) in [7, 11) is 2.37. The number of fused-ring (bicyclic) bond motifs is 2. The number of rotatable bonds is 10. The number of carbonyl (C=O) groups is 1. The van der Waals surface area contributed by atoms with E-state index >= 15 is 0 Å². The first-order chi connectivity index (χ1) is 16.0. The van der Waals surface area contributed by atoms with Crippen LogP contribution >= 0.6 is 0 Å². The van der Waals surface area contributed by atoms with E-state index in [1.54, 1.807) is 0 Å². The average molecular weight is 533 g/mol. The lowest BCUT2D eigenvalue weighted by molar-refractivity contribution is -0.961. The number of unbranched alkanes of at least 4 members (excludes halogenated alkanes) is 1. The minimum atomic E-state index is -0.607. The number of esters is 1. The van der Waals surface area contributed by atoms with Gasteiger partial charge in [-0.1, -0.05) is 43.7 Å². The first-order valence-electron chi connectivity index (χ1n) is 12.5. The quantitative estimate of drug-likeness (QED) is 0.288. The van der Waals surface area contributed by atoms with Crippen LogP contribution in [0.25, 0.3) is 0 Å². The van der Waals surface area contributed by atoms with Gasteiger partial charge in [0.15, 0.2) is 0 Å². The standard InChI is InChI=1S/C28H38NO4.BrH/c1-3-4-16-32-25-14-10-21(11-15-25)19-29(2)23-12-13-24(29)18-26(17-23)33-28(31)27(20-30)22-8-6-5-7-9-22;/h5-11,14-15,23-24,26-27,30H,3-4,12-13,16-20H2,1-2H3;1H/q+1;/p-1. The molecule has 0 amide bonds. The molecule has 2 heterocycles. The second kappa shape index (κ2) is 12.2. The van der Waals surface area contributed by atoms with Crippen LogP contribution in [0.15, 0.2) is 54.6 Å². The van der Waals surface area contributed by atoms with Crippen LogP contribution in [0.1, 0.15) is 62.5 Å². The summed E-state index contributed by atoms with van der Waals surface area (Å²) in [5, 5.41) is 9.81. The molecule has 1 N–H and O–H groups in total. The Kier molecular flexibility index (Phi) is 9.57. The van der Waals surface area contributed by atoms with Crippen molar-refractivity contribution in [1.29, 1.82) is 0 Å². The van der Waals surface area contributed by atoms with E-state index in [9.17, 15) is 9.90 Å². The van der Waals surface area contributed by atoms with Crippen LogP contribution in [0.2, 0.25) is 0 Å². The number of carbonyl (C=O) groups excluding carboxylic acids is 1. The molecule has 34 heavy (non-hydrogen) atoms. The first kappa shape index (κ1) is 26.7. The molecule has 6 heteroatoms. The van der Waals surface area contributed by atoms with Crippen molar-refractivity contribution in [2.24, 2.45) is 0 Å². The second-order valence-corrected chi connectivity index (χ2v) is 9.91. The Balaban J connectivity index is 0.00000324. The number of benzene rings is 2. The summed E-state index contributed by atoms with van der Waals surface area (Å²) in [4.78, 5) is 12.9. The van der Waals surface area contributed by atoms with E-state index in [1.807, 2.05) is 30.3 Å². The van der Waals surface area contributed by atoms with E-state index in [2.05, 4.69) is 38.2 Å². The van der Waals surface area contributed by atoms with E-state index in [-0.39, 0.29) is 35.7 Å². The molecule has 0 radical (unpaired) electrons. The number of aliphatic hydroxyl groups is 1. The van der Waals surface area contributed by atoms with Gasteiger partial charge in [-0.2, -0.15) is 0 Å². The summed E-state index contributed by atoms with van der Waals surface area (Å²) < 4.78 is 12.8. The molecule has 2 aliphatic heterocycles. The van der Waals surface area contributed by atoms with E-state index < -0.39 is 5.92 Å². The van der Waals surface area contributed by atoms with Crippen molar-refractivity contribution in [1.82, 2.24) is 0 Å². The number of hydrogen-bond donors (Lipinski definition) is 1. The van der Waals surface area contributed by atoms with Crippen molar-refractivity contribution in [3.8, 4) is 5.75 Å². The molecule has 2 fully saturated rings. The molecule has 186 valence electrons. The van der Waals surface area contributed by atoms with Crippen LogP contribution < -0.4 is 21.7 Å². The van der Waals surface area contributed by atoms with Crippen molar-refractivity contribution in [2.75, 3.05) is 20.3 Å². The molecule has 0 aromatic heterocycles. The molecule has 2 saturated heterocycles. The first-order valence-corrected chi connectivity index (χ1v) is 12.5. The highest BCUT2D eigenvalue weighted by Crippen LogP contribution is 2.43. The second-order valence-electron chi connectivity index (χ2n) is 9.91. The smallest absolute Gasteiger partial charge is 0.316 e. The van der Waals surface area contributed by atoms with E-state index in [4.69, 9.17) is 9.47 Å². The summed E-state index contributed by atoms with van der Waals surface area (Å²) in [5.41, 5.74) is 2.14. The molecule has 0 spiro atoms. The van der Waals surface area contributed by atoms with Gasteiger partial charge in [0, 0.05) is 31.2 Å². The normalized spacial score (nSPS) is 26.4.